The zero-order valence-corrected chi connectivity index (χ0v) is 18.7. The van der Waals surface area contributed by atoms with Crippen molar-refractivity contribution in [3.05, 3.63) is 107 Å². The molecule has 6 nitrogen and oxygen atoms in total. The molecule has 34 heavy (non-hydrogen) atoms. The Morgan fingerprint density at radius 1 is 0.882 bits per heavy atom. The summed E-state index contributed by atoms with van der Waals surface area (Å²) in [5.41, 5.74) is 5.77. The van der Waals surface area contributed by atoms with Gasteiger partial charge < -0.3 is 14.5 Å². The summed E-state index contributed by atoms with van der Waals surface area (Å²) in [5, 5.41) is 8.65. The fourth-order valence-corrected chi connectivity index (χ4v) is 3.68. The van der Waals surface area contributed by atoms with Gasteiger partial charge in [0.15, 0.2) is 0 Å². The third kappa shape index (κ3) is 4.91. The molecule has 0 aliphatic heterocycles. The number of fused-ring (bicyclic) bond motifs is 1. The van der Waals surface area contributed by atoms with Crippen LogP contribution < -0.4 is 9.47 Å². The SMILES string of the molecule is COc1ccc(OCc2ccccn2)cc1C=Cc1cc(C=Cc2c[nH]c3ccccc23)n[nH]1. The minimum absolute atomic E-state index is 0.406. The normalized spacial score (nSPS) is 11.6. The highest BCUT2D eigenvalue weighted by atomic mass is 16.5. The molecule has 0 saturated heterocycles. The molecular formula is C28H24N4O2. The van der Waals surface area contributed by atoms with E-state index in [9.17, 15) is 0 Å². The lowest BCUT2D eigenvalue weighted by molar-refractivity contribution is 0.300. The first-order chi connectivity index (χ1) is 16.8. The number of aromatic amines is 2. The monoisotopic (exact) mass is 448 g/mol. The average Bonchev–Trinajstić information content (AvgIpc) is 3.52. The van der Waals surface area contributed by atoms with E-state index in [1.807, 2.05) is 79.0 Å². The van der Waals surface area contributed by atoms with Crippen LogP contribution >= 0.6 is 0 Å². The van der Waals surface area contributed by atoms with Gasteiger partial charge in [0.25, 0.3) is 0 Å². The highest BCUT2D eigenvalue weighted by Gasteiger charge is 2.05. The number of para-hydroxylation sites is 1. The molecule has 5 aromatic rings. The number of rotatable bonds is 8. The molecule has 0 atom stereocenters. The van der Waals surface area contributed by atoms with E-state index in [0.717, 1.165) is 45.2 Å². The number of hydrogen-bond acceptors (Lipinski definition) is 4. The van der Waals surface area contributed by atoms with E-state index in [4.69, 9.17) is 9.47 Å². The predicted octanol–water partition coefficient (Wildman–Crippen LogP) is 6.21. The second kappa shape index (κ2) is 9.92. The molecule has 0 amide bonds. The number of nitrogens with one attached hydrogen (secondary N) is 2. The lowest BCUT2D eigenvalue weighted by atomic mass is 10.1. The van der Waals surface area contributed by atoms with Crippen LogP contribution in [0.5, 0.6) is 11.5 Å². The maximum Gasteiger partial charge on any atom is 0.130 e. The first-order valence-electron chi connectivity index (χ1n) is 11.0. The van der Waals surface area contributed by atoms with Gasteiger partial charge in [0.1, 0.15) is 18.1 Å². The molecule has 6 heteroatoms. The molecule has 2 aromatic carbocycles. The molecule has 3 aromatic heterocycles. The van der Waals surface area contributed by atoms with Gasteiger partial charge in [-0.05, 0) is 66.3 Å². The molecule has 168 valence electrons. The Morgan fingerprint density at radius 3 is 2.65 bits per heavy atom. The standard InChI is InChI=1S/C28H24N4O2/c1-33-28-14-13-25(34-19-24-6-4-5-15-29-24)16-20(28)9-11-22-17-23(32-31-22)12-10-21-18-30-27-8-3-2-7-26(21)27/h2-18,30H,19H2,1H3,(H,31,32). The molecule has 3 heterocycles. The van der Waals surface area contributed by atoms with E-state index in [1.54, 1.807) is 13.3 Å². The average molecular weight is 449 g/mol. The number of methoxy groups -OCH3 is 1. The van der Waals surface area contributed by atoms with Crippen molar-refractivity contribution < 1.29 is 9.47 Å². The topological polar surface area (TPSA) is 75.8 Å². The Hall–Kier alpha value is -4.58. The first kappa shape index (κ1) is 21.3. The maximum absolute atomic E-state index is 5.90. The maximum atomic E-state index is 5.90. The number of H-pyrrole nitrogens is 2. The minimum atomic E-state index is 0.406. The van der Waals surface area contributed by atoms with Crippen LogP contribution in [-0.4, -0.2) is 27.3 Å². The number of nitrogens with zero attached hydrogens (tertiary/aromatic N) is 2. The van der Waals surface area contributed by atoms with E-state index in [2.05, 4.69) is 38.4 Å². The van der Waals surface area contributed by atoms with E-state index < -0.39 is 0 Å². The summed E-state index contributed by atoms with van der Waals surface area (Å²) in [4.78, 5) is 7.58. The smallest absolute Gasteiger partial charge is 0.130 e. The Bertz CT molecular complexity index is 1450. The second-order valence-corrected chi connectivity index (χ2v) is 7.72. The fraction of sp³-hybridized carbons (Fsp3) is 0.0714. The largest absolute Gasteiger partial charge is 0.496 e. The van der Waals surface area contributed by atoms with Gasteiger partial charge in [0, 0.05) is 28.9 Å². The van der Waals surface area contributed by atoms with Gasteiger partial charge in [-0.25, -0.2) is 0 Å². The van der Waals surface area contributed by atoms with Crippen LogP contribution in [-0.2, 0) is 6.61 Å². The van der Waals surface area contributed by atoms with Gasteiger partial charge in [-0.2, -0.15) is 5.10 Å². The highest BCUT2D eigenvalue weighted by Crippen LogP contribution is 2.26. The zero-order valence-electron chi connectivity index (χ0n) is 18.7. The Balaban J connectivity index is 1.29. The molecule has 0 radical (unpaired) electrons. The number of benzene rings is 2. The molecule has 0 aliphatic rings. The molecule has 0 unspecified atom stereocenters. The van der Waals surface area contributed by atoms with Gasteiger partial charge in [0.05, 0.1) is 24.2 Å². The summed E-state index contributed by atoms with van der Waals surface area (Å²) in [6.07, 6.45) is 11.8. The van der Waals surface area contributed by atoms with Crippen LogP contribution in [0.2, 0.25) is 0 Å². The molecule has 2 N–H and O–H groups in total. The van der Waals surface area contributed by atoms with Crippen molar-refractivity contribution >= 4 is 35.2 Å². The van der Waals surface area contributed by atoms with Crippen LogP contribution in [0, 0.1) is 0 Å². The number of aromatic nitrogens is 4. The van der Waals surface area contributed by atoms with E-state index in [1.165, 1.54) is 5.39 Å². The number of hydrogen-bond donors (Lipinski definition) is 2. The quantitative estimate of drug-likeness (QED) is 0.296. The van der Waals surface area contributed by atoms with Crippen LogP contribution in [0.3, 0.4) is 0 Å². The van der Waals surface area contributed by atoms with E-state index >= 15 is 0 Å². The van der Waals surface area contributed by atoms with Crippen molar-refractivity contribution in [3.63, 3.8) is 0 Å². The summed E-state index contributed by atoms with van der Waals surface area (Å²) in [6.45, 7) is 0.406. The lowest BCUT2D eigenvalue weighted by Gasteiger charge is -2.09. The van der Waals surface area contributed by atoms with Gasteiger partial charge in [-0.1, -0.05) is 30.3 Å². The van der Waals surface area contributed by atoms with Crippen molar-refractivity contribution in [1.82, 2.24) is 20.2 Å². The van der Waals surface area contributed by atoms with Crippen LogP contribution in [0.15, 0.2) is 79.1 Å². The van der Waals surface area contributed by atoms with Crippen molar-refractivity contribution in [2.45, 2.75) is 6.61 Å². The summed E-state index contributed by atoms with van der Waals surface area (Å²) >= 11 is 0. The van der Waals surface area contributed by atoms with Crippen molar-refractivity contribution in [1.29, 1.82) is 0 Å². The molecule has 0 bridgehead atoms. The Labute approximate surface area is 197 Å². The van der Waals surface area contributed by atoms with Crippen LogP contribution in [0.4, 0.5) is 0 Å². The first-order valence-corrected chi connectivity index (χ1v) is 11.0. The molecule has 0 spiro atoms. The molecular weight excluding hydrogens is 424 g/mol. The van der Waals surface area contributed by atoms with Gasteiger partial charge in [-0.3, -0.25) is 10.1 Å². The number of ether oxygens (including phenoxy) is 2. The Kier molecular flexibility index (Phi) is 6.21. The van der Waals surface area contributed by atoms with Crippen molar-refractivity contribution in [3.8, 4) is 11.5 Å². The fourth-order valence-electron chi connectivity index (χ4n) is 3.68. The second-order valence-electron chi connectivity index (χ2n) is 7.72. The van der Waals surface area contributed by atoms with E-state index in [-0.39, 0.29) is 0 Å². The Morgan fingerprint density at radius 2 is 1.76 bits per heavy atom. The highest BCUT2D eigenvalue weighted by molar-refractivity contribution is 5.91. The van der Waals surface area contributed by atoms with E-state index in [0.29, 0.717) is 6.61 Å². The number of pyridine rings is 1. The molecule has 5 rings (SSSR count). The molecule has 0 fully saturated rings. The summed E-state index contributed by atoms with van der Waals surface area (Å²) < 4.78 is 11.4. The lowest BCUT2D eigenvalue weighted by Crippen LogP contribution is -1.98. The third-order valence-corrected chi connectivity index (χ3v) is 5.43. The zero-order chi connectivity index (χ0) is 23.2. The van der Waals surface area contributed by atoms with Crippen molar-refractivity contribution in [2.24, 2.45) is 0 Å². The van der Waals surface area contributed by atoms with Gasteiger partial charge in [-0.15, -0.1) is 0 Å². The summed E-state index contributed by atoms with van der Waals surface area (Å²) in [5.74, 6) is 1.51. The molecule has 0 saturated carbocycles. The molecule has 0 aliphatic carbocycles. The van der Waals surface area contributed by atoms with Gasteiger partial charge in [0.2, 0.25) is 0 Å². The third-order valence-electron chi connectivity index (χ3n) is 5.43. The minimum Gasteiger partial charge on any atom is -0.496 e. The van der Waals surface area contributed by atoms with Crippen LogP contribution in [0.1, 0.15) is 28.2 Å². The van der Waals surface area contributed by atoms with Gasteiger partial charge >= 0.3 is 0 Å². The predicted molar refractivity (Wildman–Crippen MR) is 136 cm³/mol. The van der Waals surface area contributed by atoms with Crippen LogP contribution in [0.25, 0.3) is 35.2 Å². The summed E-state index contributed by atoms with van der Waals surface area (Å²) in [6, 6.07) is 21.7. The van der Waals surface area contributed by atoms with Crippen molar-refractivity contribution in [2.75, 3.05) is 7.11 Å². The summed E-state index contributed by atoms with van der Waals surface area (Å²) in [7, 11) is 1.66.